The van der Waals surface area contributed by atoms with Crippen LogP contribution in [-0.4, -0.2) is 28.1 Å². The van der Waals surface area contributed by atoms with Gasteiger partial charge in [-0.2, -0.15) is 0 Å². The molecule has 3 aromatic rings. The van der Waals surface area contributed by atoms with Crippen LogP contribution in [0.15, 0.2) is 71.6 Å². The number of sulfonamides is 1. The van der Waals surface area contributed by atoms with Crippen molar-refractivity contribution in [3.05, 3.63) is 77.9 Å². The van der Waals surface area contributed by atoms with E-state index in [1.807, 2.05) is 30.3 Å². The molecule has 0 saturated carbocycles. The third-order valence-electron chi connectivity index (χ3n) is 4.48. The fourth-order valence-corrected chi connectivity index (χ4v) is 3.64. The van der Waals surface area contributed by atoms with Gasteiger partial charge in [-0.15, -0.1) is 0 Å². The Balaban J connectivity index is 2.09. The molecular weight excluding hydrogens is 432 g/mol. The fourth-order valence-electron chi connectivity index (χ4n) is 2.94. The van der Waals surface area contributed by atoms with E-state index in [1.54, 1.807) is 31.2 Å². The first-order valence-electron chi connectivity index (χ1n) is 9.79. The van der Waals surface area contributed by atoms with Crippen molar-refractivity contribution < 1.29 is 27.4 Å². The number of nitrogens with two attached hydrogens (primary N) is 1. The summed E-state index contributed by atoms with van der Waals surface area (Å²) in [5, 5.41) is 8.61. The molecule has 0 fully saturated rings. The van der Waals surface area contributed by atoms with E-state index >= 15 is 0 Å². The van der Waals surface area contributed by atoms with Gasteiger partial charge in [0.1, 0.15) is 16.4 Å². The molecule has 8 nitrogen and oxygen atoms in total. The lowest BCUT2D eigenvalue weighted by Gasteiger charge is -2.18. The van der Waals surface area contributed by atoms with Crippen molar-refractivity contribution in [3.63, 3.8) is 0 Å². The van der Waals surface area contributed by atoms with Gasteiger partial charge in [0.05, 0.1) is 25.0 Å². The van der Waals surface area contributed by atoms with Crippen molar-refractivity contribution in [3.8, 4) is 17.2 Å². The molecule has 3 aromatic carbocycles. The monoisotopic (exact) mass is 456 g/mol. The minimum absolute atomic E-state index is 0.0263. The van der Waals surface area contributed by atoms with Gasteiger partial charge >= 0.3 is 5.97 Å². The number of methoxy groups -OCH3 is 1. The molecule has 9 heteroatoms. The Morgan fingerprint density at radius 2 is 1.66 bits per heavy atom. The molecule has 0 radical (unpaired) electrons. The number of ether oxygens (including phenoxy) is 3. The van der Waals surface area contributed by atoms with Crippen LogP contribution >= 0.6 is 0 Å². The third kappa shape index (κ3) is 5.77. The average Bonchev–Trinajstić information content (AvgIpc) is 2.78. The van der Waals surface area contributed by atoms with E-state index in [1.165, 1.54) is 13.2 Å². The summed E-state index contributed by atoms with van der Waals surface area (Å²) in [7, 11) is -2.70. The molecule has 0 saturated heterocycles. The lowest BCUT2D eigenvalue weighted by atomic mass is 10.1. The van der Waals surface area contributed by atoms with Gasteiger partial charge in [0.15, 0.2) is 5.75 Å². The number of nitrogens with one attached hydrogen (secondary N) is 1. The van der Waals surface area contributed by atoms with Crippen LogP contribution in [0.4, 0.5) is 5.69 Å². The Labute approximate surface area is 187 Å². The Morgan fingerprint density at radius 3 is 2.25 bits per heavy atom. The van der Waals surface area contributed by atoms with Crippen LogP contribution in [0.25, 0.3) is 0 Å². The normalized spacial score (nSPS) is 11.0. The van der Waals surface area contributed by atoms with Crippen LogP contribution < -0.4 is 19.9 Å². The number of benzene rings is 3. The Bertz CT molecular complexity index is 1180. The van der Waals surface area contributed by atoms with Gasteiger partial charge < -0.3 is 19.5 Å². The summed E-state index contributed by atoms with van der Waals surface area (Å²) in [6, 6.07) is 18.7. The first-order valence-corrected chi connectivity index (χ1v) is 11.3. The Kier molecular flexibility index (Phi) is 7.34. The van der Waals surface area contributed by atoms with Gasteiger partial charge in [0.2, 0.25) is 10.0 Å². The van der Waals surface area contributed by atoms with Gasteiger partial charge in [-0.3, -0.25) is 0 Å². The minimum atomic E-state index is -4.24. The zero-order valence-electron chi connectivity index (χ0n) is 17.7. The molecule has 0 aliphatic carbocycles. The van der Waals surface area contributed by atoms with Crippen LogP contribution in [-0.2, 0) is 21.3 Å². The van der Waals surface area contributed by atoms with Crippen molar-refractivity contribution in [2.45, 2.75) is 18.4 Å². The number of anilines is 1. The van der Waals surface area contributed by atoms with Crippen molar-refractivity contribution in [2.24, 2.45) is 5.14 Å². The third-order valence-corrected chi connectivity index (χ3v) is 5.39. The number of hydrogen-bond donors (Lipinski definition) is 2. The van der Waals surface area contributed by atoms with Crippen LogP contribution in [0, 0.1) is 0 Å². The zero-order valence-corrected chi connectivity index (χ0v) is 18.5. The van der Waals surface area contributed by atoms with Gasteiger partial charge in [-0.1, -0.05) is 30.3 Å². The number of esters is 1. The fraction of sp³-hybridized carbons (Fsp3) is 0.174. The average molecular weight is 457 g/mol. The van der Waals surface area contributed by atoms with Gasteiger partial charge in [-0.25, -0.2) is 18.4 Å². The van der Waals surface area contributed by atoms with Crippen molar-refractivity contribution in [1.29, 1.82) is 0 Å². The van der Waals surface area contributed by atoms with E-state index in [2.05, 4.69) is 5.32 Å². The quantitative estimate of drug-likeness (QED) is 0.469. The minimum Gasteiger partial charge on any atom is -0.497 e. The molecule has 0 atom stereocenters. The summed E-state index contributed by atoms with van der Waals surface area (Å²) in [4.78, 5) is 12.0. The van der Waals surface area contributed by atoms with E-state index in [0.717, 1.165) is 11.6 Å². The second kappa shape index (κ2) is 10.2. The van der Waals surface area contributed by atoms with E-state index in [-0.39, 0.29) is 28.5 Å². The summed E-state index contributed by atoms with van der Waals surface area (Å²) >= 11 is 0. The number of hydrogen-bond acceptors (Lipinski definition) is 7. The second-order valence-electron chi connectivity index (χ2n) is 6.73. The number of carbonyl (C=O) groups is 1. The first kappa shape index (κ1) is 23.1. The van der Waals surface area contributed by atoms with Crippen molar-refractivity contribution >= 4 is 21.7 Å². The number of carbonyl (C=O) groups excluding carboxylic acids is 1. The van der Waals surface area contributed by atoms with Crippen LogP contribution in [0.5, 0.6) is 17.2 Å². The van der Waals surface area contributed by atoms with Crippen molar-refractivity contribution in [1.82, 2.24) is 0 Å². The highest BCUT2D eigenvalue weighted by atomic mass is 32.2. The molecular formula is C23H24N2O6S. The molecule has 0 bridgehead atoms. The topological polar surface area (TPSA) is 117 Å². The van der Waals surface area contributed by atoms with E-state index < -0.39 is 16.0 Å². The SMILES string of the molecule is CCOC(=O)c1cc(NCc2ccccc2)c(Oc2ccc(OC)cc2)c(S(N)(=O)=O)c1. The molecule has 3 rings (SSSR count). The molecule has 0 aliphatic rings. The molecule has 0 aliphatic heterocycles. The largest absolute Gasteiger partial charge is 0.497 e. The number of primary sulfonamides is 1. The molecule has 0 amide bonds. The van der Waals surface area contributed by atoms with Crippen LogP contribution in [0.1, 0.15) is 22.8 Å². The Morgan fingerprint density at radius 1 is 1.00 bits per heavy atom. The molecule has 3 N–H and O–H groups in total. The van der Waals surface area contributed by atoms with E-state index in [4.69, 9.17) is 19.3 Å². The van der Waals surface area contributed by atoms with E-state index in [9.17, 15) is 13.2 Å². The molecule has 0 aromatic heterocycles. The predicted octanol–water partition coefficient (Wildman–Crippen LogP) is 3.92. The Hall–Kier alpha value is -3.56. The van der Waals surface area contributed by atoms with Crippen LogP contribution in [0.3, 0.4) is 0 Å². The van der Waals surface area contributed by atoms with Crippen LogP contribution in [0.2, 0.25) is 0 Å². The molecule has 0 unspecified atom stereocenters. The summed E-state index contributed by atoms with van der Waals surface area (Å²) in [6.45, 7) is 2.16. The summed E-state index contributed by atoms with van der Waals surface area (Å²) in [5.41, 5.74) is 1.26. The molecule has 0 heterocycles. The highest BCUT2D eigenvalue weighted by Crippen LogP contribution is 2.38. The zero-order chi connectivity index (χ0) is 23.1. The summed E-state index contributed by atoms with van der Waals surface area (Å²) < 4.78 is 40.9. The first-order chi connectivity index (χ1) is 15.3. The maximum Gasteiger partial charge on any atom is 0.338 e. The summed E-state index contributed by atoms with van der Waals surface area (Å²) in [6.07, 6.45) is 0. The van der Waals surface area contributed by atoms with Gasteiger partial charge in [0, 0.05) is 6.54 Å². The van der Waals surface area contributed by atoms with E-state index in [0.29, 0.717) is 18.0 Å². The predicted molar refractivity (Wildman–Crippen MR) is 121 cm³/mol. The summed E-state index contributed by atoms with van der Waals surface area (Å²) in [5.74, 6) is 0.282. The second-order valence-corrected chi connectivity index (χ2v) is 8.26. The molecule has 168 valence electrons. The van der Waals surface area contributed by atoms with Crippen molar-refractivity contribution in [2.75, 3.05) is 19.0 Å². The maximum absolute atomic E-state index is 12.4. The molecule has 0 spiro atoms. The van der Waals surface area contributed by atoms with Gasteiger partial charge in [0.25, 0.3) is 0 Å². The smallest absolute Gasteiger partial charge is 0.338 e. The maximum atomic E-state index is 12.4. The standard InChI is InChI=1S/C23H24N2O6S/c1-3-30-23(26)17-13-20(25-15-16-7-5-4-6-8-16)22(21(14-17)32(24,27)28)31-19-11-9-18(29-2)10-12-19/h4-14,25H,3,15H2,1-2H3,(H2,24,27,28). The lowest BCUT2D eigenvalue weighted by Crippen LogP contribution is -2.16. The highest BCUT2D eigenvalue weighted by molar-refractivity contribution is 7.89. The highest BCUT2D eigenvalue weighted by Gasteiger charge is 2.24. The lowest BCUT2D eigenvalue weighted by molar-refractivity contribution is 0.0526. The molecule has 32 heavy (non-hydrogen) atoms. The number of rotatable bonds is 9. The van der Waals surface area contributed by atoms with Gasteiger partial charge in [-0.05, 0) is 48.9 Å².